The molecule has 0 saturated heterocycles. The van der Waals surface area contributed by atoms with Crippen LogP contribution in [-0.4, -0.2) is 42.3 Å². The van der Waals surface area contributed by atoms with Gasteiger partial charge in [0, 0.05) is 57.6 Å². The molecule has 8 nitrogen and oxygen atoms in total. The number of halogens is 1. The van der Waals surface area contributed by atoms with Crippen molar-refractivity contribution in [2.45, 2.75) is 0 Å². The second kappa shape index (κ2) is 7.66. The molecular weight excluding hydrogens is 435 g/mol. The van der Waals surface area contributed by atoms with Gasteiger partial charge in [0.25, 0.3) is 0 Å². The normalized spacial score (nSPS) is 11.4. The minimum absolute atomic E-state index is 0.159. The second-order valence-electron chi connectivity index (χ2n) is 7.81. The molecule has 6 aromatic rings. The molecule has 0 radical (unpaired) electrons. The monoisotopic (exact) mass is 452 g/mol. The van der Waals surface area contributed by atoms with Crippen molar-refractivity contribution >= 4 is 21.9 Å². The van der Waals surface area contributed by atoms with Crippen molar-refractivity contribution in [2.24, 2.45) is 0 Å². The van der Waals surface area contributed by atoms with Crippen LogP contribution in [0, 0.1) is 5.82 Å². The number of nitrogens with zero attached hydrogens (tertiary/aromatic N) is 4. The molecule has 0 amide bonds. The first-order valence-electron chi connectivity index (χ1n) is 10.4. The number of aromatic hydroxyl groups is 1. The zero-order valence-corrected chi connectivity index (χ0v) is 17.9. The minimum Gasteiger partial charge on any atom is -0.508 e. The highest BCUT2D eigenvalue weighted by atomic mass is 19.1. The Kier molecular flexibility index (Phi) is 4.48. The van der Waals surface area contributed by atoms with E-state index in [2.05, 4.69) is 30.1 Å². The lowest BCUT2D eigenvalue weighted by Crippen LogP contribution is -1.87. The summed E-state index contributed by atoms with van der Waals surface area (Å²) in [6, 6.07) is 11.5. The maximum Gasteiger partial charge on any atom is 0.155 e. The molecule has 0 aliphatic heterocycles. The van der Waals surface area contributed by atoms with E-state index in [1.807, 2.05) is 24.3 Å². The Morgan fingerprint density at radius 3 is 2.62 bits per heavy atom. The van der Waals surface area contributed by atoms with E-state index in [0.717, 1.165) is 39.2 Å². The van der Waals surface area contributed by atoms with Crippen LogP contribution in [0.4, 0.5) is 4.39 Å². The van der Waals surface area contributed by atoms with Crippen molar-refractivity contribution in [1.29, 1.82) is 0 Å². The lowest BCUT2D eigenvalue weighted by molar-refractivity contribution is 0.413. The third-order valence-corrected chi connectivity index (χ3v) is 5.66. The Morgan fingerprint density at radius 1 is 0.882 bits per heavy atom. The van der Waals surface area contributed by atoms with Gasteiger partial charge in [0.1, 0.15) is 23.0 Å². The fourth-order valence-corrected chi connectivity index (χ4v) is 4.08. The van der Waals surface area contributed by atoms with Crippen molar-refractivity contribution in [3.8, 4) is 45.3 Å². The molecule has 0 unspecified atom stereocenters. The number of ether oxygens (including phenoxy) is 1. The number of H-pyrrole nitrogens is 2. The molecule has 0 atom stereocenters. The molecule has 0 aliphatic carbocycles. The number of hydrogen-bond donors (Lipinski definition) is 3. The van der Waals surface area contributed by atoms with E-state index < -0.39 is 5.82 Å². The third kappa shape index (κ3) is 3.30. The number of aromatic amines is 2. The zero-order chi connectivity index (χ0) is 23.2. The van der Waals surface area contributed by atoms with E-state index in [-0.39, 0.29) is 5.75 Å². The SMILES string of the molecule is COc1cncc(-c2cnc3[nH]nc(-c4cc5c(-c6cc(O)cc(F)c6)nccc5[nH]4)c3c2)c1. The van der Waals surface area contributed by atoms with Gasteiger partial charge in [0.2, 0.25) is 0 Å². The number of methoxy groups -OCH3 is 1. The predicted molar refractivity (Wildman–Crippen MR) is 126 cm³/mol. The fourth-order valence-electron chi connectivity index (χ4n) is 4.08. The highest BCUT2D eigenvalue weighted by molar-refractivity contribution is 6.00. The van der Waals surface area contributed by atoms with Crippen LogP contribution in [0.15, 0.2) is 67.3 Å². The van der Waals surface area contributed by atoms with E-state index in [1.54, 1.807) is 31.9 Å². The average Bonchev–Trinajstić information content (AvgIpc) is 3.46. The Morgan fingerprint density at radius 2 is 1.76 bits per heavy atom. The number of benzene rings is 1. The molecule has 0 fully saturated rings. The smallest absolute Gasteiger partial charge is 0.155 e. The zero-order valence-electron chi connectivity index (χ0n) is 17.9. The van der Waals surface area contributed by atoms with Crippen molar-refractivity contribution in [1.82, 2.24) is 30.1 Å². The molecule has 0 aliphatic rings. The van der Waals surface area contributed by atoms with E-state index in [9.17, 15) is 9.50 Å². The summed E-state index contributed by atoms with van der Waals surface area (Å²) in [5, 5.41) is 18.9. The van der Waals surface area contributed by atoms with Crippen molar-refractivity contribution in [2.75, 3.05) is 7.11 Å². The molecule has 0 spiro atoms. The summed E-state index contributed by atoms with van der Waals surface area (Å²) in [7, 11) is 1.60. The number of phenols is 1. The number of pyridine rings is 3. The van der Waals surface area contributed by atoms with Crippen LogP contribution in [0.1, 0.15) is 0 Å². The highest BCUT2D eigenvalue weighted by Crippen LogP contribution is 2.35. The lowest BCUT2D eigenvalue weighted by Gasteiger charge is -2.04. The largest absolute Gasteiger partial charge is 0.508 e. The van der Waals surface area contributed by atoms with Gasteiger partial charge in [0.15, 0.2) is 5.65 Å². The van der Waals surface area contributed by atoms with Crippen molar-refractivity contribution in [3.05, 3.63) is 73.1 Å². The molecule has 9 heteroatoms. The summed E-state index contributed by atoms with van der Waals surface area (Å²) in [4.78, 5) is 16.5. The highest BCUT2D eigenvalue weighted by Gasteiger charge is 2.16. The Hall–Kier alpha value is -4.79. The van der Waals surface area contributed by atoms with Crippen LogP contribution in [-0.2, 0) is 0 Å². The molecule has 3 N–H and O–H groups in total. The van der Waals surface area contributed by atoms with E-state index in [4.69, 9.17) is 4.74 Å². The first-order valence-corrected chi connectivity index (χ1v) is 10.4. The summed E-state index contributed by atoms with van der Waals surface area (Å²) in [6.07, 6.45) is 6.79. The summed E-state index contributed by atoms with van der Waals surface area (Å²) in [6.45, 7) is 0. The number of nitrogens with one attached hydrogen (secondary N) is 2. The first-order chi connectivity index (χ1) is 16.6. The Labute approximate surface area is 192 Å². The summed E-state index contributed by atoms with van der Waals surface area (Å²) < 4.78 is 19.2. The number of fused-ring (bicyclic) bond motifs is 2. The molecule has 166 valence electrons. The molecule has 1 aromatic carbocycles. The first kappa shape index (κ1) is 19.9. The third-order valence-electron chi connectivity index (χ3n) is 5.66. The van der Waals surface area contributed by atoms with Crippen molar-refractivity contribution < 1.29 is 14.2 Å². The van der Waals surface area contributed by atoms with Gasteiger partial charge in [-0.25, -0.2) is 9.37 Å². The molecule has 6 rings (SSSR count). The van der Waals surface area contributed by atoms with Gasteiger partial charge in [-0.3, -0.25) is 15.1 Å². The van der Waals surface area contributed by atoms with Gasteiger partial charge in [-0.1, -0.05) is 0 Å². The number of phenolic OH excluding ortho intramolecular Hbond substituents is 1. The van der Waals surface area contributed by atoms with Gasteiger partial charge >= 0.3 is 0 Å². The topological polar surface area (TPSA) is 113 Å². The Bertz CT molecular complexity index is 1670. The van der Waals surface area contributed by atoms with Crippen LogP contribution in [0.5, 0.6) is 11.5 Å². The molecule has 5 aromatic heterocycles. The van der Waals surface area contributed by atoms with Crippen LogP contribution < -0.4 is 4.74 Å². The van der Waals surface area contributed by atoms with Gasteiger partial charge in [-0.05, 0) is 36.4 Å². The van der Waals surface area contributed by atoms with E-state index >= 15 is 0 Å². The molecule has 0 saturated carbocycles. The summed E-state index contributed by atoms with van der Waals surface area (Å²) in [5.41, 5.74) is 5.65. The summed E-state index contributed by atoms with van der Waals surface area (Å²) in [5.74, 6) is -0.0361. The minimum atomic E-state index is -0.534. The van der Waals surface area contributed by atoms with Gasteiger partial charge in [0.05, 0.1) is 24.7 Å². The molecule has 5 heterocycles. The van der Waals surface area contributed by atoms with Crippen LogP contribution in [0.3, 0.4) is 0 Å². The Balaban J connectivity index is 1.49. The number of hydrogen-bond acceptors (Lipinski definition) is 6. The van der Waals surface area contributed by atoms with Crippen LogP contribution in [0.25, 0.3) is 55.7 Å². The quantitative estimate of drug-likeness (QED) is 0.344. The van der Waals surface area contributed by atoms with E-state index in [0.29, 0.717) is 28.3 Å². The maximum atomic E-state index is 13.9. The molecule has 34 heavy (non-hydrogen) atoms. The second-order valence-corrected chi connectivity index (χ2v) is 7.81. The standard InChI is InChI=1S/C25H17FN6O2/c1-34-18-6-14(10-27-12-18)15-7-20-24(31-32-25(20)29-11-15)22-9-19-21(30-22)2-3-28-23(19)13-4-16(26)8-17(33)5-13/h2-12,30,33H,1H3,(H,29,31,32). The van der Waals surface area contributed by atoms with Crippen molar-refractivity contribution in [3.63, 3.8) is 0 Å². The van der Waals surface area contributed by atoms with Gasteiger partial charge in [-0.2, -0.15) is 5.10 Å². The maximum absolute atomic E-state index is 13.9. The molecule has 0 bridgehead atoms. The van der Waals surface area contributed by atoms with Gasteiger partial charge in [-0.15, -0.1) is 0 Å². The lowest BCUT2D eigenvalue weighted by atomic mass is 10.1. The van der Waals surface area contributed by atoms with Crippen LogP contribution >= 0.6 is 0 Å². The fraction of sp³-hybridized carbons (Fsp3) is 0.0400. The number of aromatic nitrogens is 6. The summed E-state index contributed by atoms with van der Waals surface area (Å²) >= 11 is 0. The average molecular weight is 452 g/mol. The van der Waals surface area contributed by atoms with E-state index in [1.165, 1.54) is 12.1 Å². The van der Waals surface area contributed by atoms with Crippen LogP contribution in [0.2, 0.25) is 0 Å². The number of rotatable bonds is 4. The molecular formula is C25H17FN6O2. The predicted octanol–water partition coefficient (Wildman–Crippen LogP) is 5.08. The van der Waals surface area contributed by atoms with Gasteiger partial charge < -0.3 is 14.8 Å².